The predicted octanol–water partition coefficient (Wildman–Crippen LogP) is 5.24. The van der Waals surface area contributed by atoms with E-state index in [2.05, 4.69) is 18.9 Å². The predicted molar refractivity (Wildman–Crippen MR) is 123 cm³/mol. The summed E-state index contributed by atoms with van der Waals surface area (Å²) in [7, 11) is 1.62. The zero-order valence-electron chi connectivity index (χ0n) is 20.0. The minimum atomic E-state index is -0.651. The molecule has 1 aromatic heterocycles. The Bertz CT molecular complexity index is 1000. The van der Waals surface area contributed by atoms with Crippen LogP contribution in [0.3, 0.4) is 0 Å². The van der Waals surface area contributed by atoms with Gasteiger partial charge in [0.2, 0.25) is 0 Å². The smallest absolute Gasteiger partial charge is 0.350 e. The molecule has 1 aliphatic rings. The maximum Gasteiger partial charge on any atom is 0.350 e. The van der Waals surface area contributed by atoms with E-state index >= 15 is 4.39 Å². The normalized spacial score (nSPS) is 15.5. The SMILES string of the molecule is CCc1nn(-c2cc(OC(C)C3CCCC3)c(C(=O)CC(CC)CC)cc2F)c(=O)n1C. The van der Waals surface area contributed by atoms with Crippen LogP contribution in [0.15, 0.2) is 16.9 Å². The summed E-state index contributed by atoms with van der Waals surface area (Å²) in [6, 6.07) is 2.71. The van der Waals surface area contributed by atoms with Crippen molar-refractivity contribution in [3.63, 3.8) is 0 Å². The fraction of sp³-hybridized carbons (Fsp3) is 0.640. The fourth-order valence-electron chi connectivity index (χ4n) is 4.64. The van der Waals surface area contributed by atoms with E-state index in [1.54, 1.807) is 7.05 Å². The van der Waals surface area contributed by atoms with Crippen molar-refractivity contribution in [2.75, 3.05) is 0 Å². The molecule has 0 radical (unpaired) electrons. The van der Waals surface area contributed by atoms with E-state index in [-0.39, 0.29) is 29.1 Å². The number of rotatable bonds is 10. The first-order valence-corrected chi connectivity index (χ1v) is 12.0. The number of aromatic nitrogens is 3. The number of carbonyl (C=O) groups excluding carboxylic acids is 1. The number of carbonyl (C=O) groups is 1. The zero-order valence-corrected chi connectivity index (χ0v) is 20.0. The van der Waals surface area contributed by atoms with Gasteiger partial charge in [0.15, 0.2) is 5.78 Å². The van der Waals surface area contributed by atoms with E-state index in [0.29, 0.717) is 30.3 Å². The number of benzene rings is 1. The lowest BCUT2D eigenvalue weighted by Gasteiger charge is -2.23. The van der Waals surface area contributed by atoms with Crippen molar-refractivity contribution in [2.45, 2.75) is 85.2 Å². The minimum absolute atomic E-state index is 0.0120. The van der Waals surface area contributed by atoms with Gasteiger partial charge in [0.1, 0.15) is 23.1 Å². The van der Waals surface area contributed by atoms with Crippen molar-refractivity contribution >= 4 is 5.78 Å². The van der Waals surface area contributed by atoms with Gasteiger partial charge in [0.05, 0.1) is 11.7 Å². The second kappa shape index (κ2) is 10.5. The fourth-order valence-corrected chi connectivity index (χ4v) is 4.64. The summed E-state index contributed by atoms with van der Waals surface area (Å²) in [6.07, 6.45) is 7.12. The molecule has 6 nitrogen and oxygen atoms in total. The van der Waals surface area contributed by atoms with Gasteiger partial charge in [-0.3, -0.25) is 9.36 Å². The number of nitrogens with zero attached hydrogens (tertiary/aromatic N) is 3. The molecule has 3 rings (SSSR count). The molecular weight excluding hydrogens is 409 g/mol. The van der Waals surface area contributed by atoms with Crippen LogP contribution >= 0.6 is 0 Å². The maximum absolute atomic E-state index is 15.2. The third-order valence-electron chi connectivity index (χ3n) is 6.97. The molecule has 1 aromatic carbocycles. The van der Waals surface area contributed by atoms with Gasteiger partial charge >= 0.3 is 5.69 Å². The highest BCUT2D eigenvalue weighted by atomic mass is 19.1. The highest BCUT2D eigenvalue weighted by Crippen LogP contribution is 2.33. The lowest BCUT2D eigenvalue weighted by Crippen LogP contribution is -2.25. The Kier molecular flexibility index (Phi) is 7.91. The first-order valence-electron chi connectivity index (χ1n) is 12.0. The molecule has 1 atom stereocenters. The largest absolute Gasteiger partial charge is 0.490 e. The van der Waals surface area contributed by atoms with Crippen molar-refractivity contribution in [3.8, 4) is 11.4 Å². The summed E-state index contributed by atoms with van der Waals surface area (Å²) in [5, 5.41) is 4.29. The monoisotopic (exact) mass is 445 g/mol. The van der Waals surface area contributed by atoms with Gasteiger partial charge < -0.3 is 4.74 Å². The Labute approximate surface area is 189 Å². The van der Waals surface area contributed by atoms with Crippen LogP contribution in [0.2, 0.25) is 0 Å². The van der Waals surface area contributed by atoms with Crippen LogP contribution < -0.4 is 10.4 Å². The van der Waals surface area contributed by atoms with Gasteiger partial charge in [-0.1, -0.05) is 46.5 Å². The van der Waals surface area contributed by atoms with Crippen LogP contribution in [0, 0.1) is 17.7 Å². The number of hydrogen-bond acceptors (Lipinski definition) is 4. The van der Waals surface area contributed by atoms with E-state index in [0.717, 1.165) is 30.4 Å². The highest BCUT2D eigenvalue weighted by molar-refractivity contribution is 5.99. The molecule has 0 bridgehead atoms. The molecule has 1 fully saturated rings. The van der Waals surface area contributed by atoms with Crippen LogP contribution in [0.1, 0.15) is 88.8 Å². The van der Waals surface area contributed by atoms with Crippen LogP contribution in [0.5, 0.6) is 5.75 Å². The van der Waals surface area contributed by atoms with E-state index in [1.807, 2.05) is 13.8 Å². The Morgan fingerprint density at radius 2 is 1.88 bits per heavy atom. The summed E-state index contributed by atoms with van der Waals surface area (Å²) in [5.41, 5.74) is -0.160. The average molecular weight is 446 g/mol. The van der Waals surface area contributed by atoms with Gasteiger partial charge in [-0.25, -0.2) is 9.18 Å². The highest BCUT2D eigenvalue weighted by Gasteiger charge is 2.27. The lowest BCUT2D eigenvalue weighted by atomic mass is 9.93. The summed E-state index contributed by atoms with van der Waals surface area (Å²) in [4.78, 5) is 25.8. The summed E-state index contributed by atoms with van der Waals surface area (Å²) >= 11 is 0. The molecule has 0 spiro atoms. The van der Waals surface area contributed by atoms with Crippen molar-refractivity contribution in [2.24, 2.45) is 18.9 Å². The molecule has 0 aliphatic heterocycles. The van der Waals surface area contributed by atoms with Crippen LogP contribution in [0.4, 0.5) is 4.39 Å². The zero-order chi connectivity index (χ0) is 23.4. The standard InChI is InChI=1S/C25H36FN3O3/c1-6-17(7-2)13-22(30)19-14-20(26)21(29-25(31)28(5)24(8-3)27-29)15-23(19)32-16(4)18-11-9-10-12-18/h14-18H,6-13H2,1-5H3. The molecule has 1 saturated carbocycles. The topological polar surface area (TPSA) is 66.1 Å². The number of Topliss-reactive ketones (excluding diaryl/α,β-unsaturated/α-hetero) is 1. The number of halogens is 1. The van der Waals surface area contributed by atoms with Gasteiger partial charge in [-0.05, 0) is 37.7 Å². The Hall–Kier alpha value is -2.44. The summed E-state index contributed by atoms with van der Waals surface area (Å²) < 4.78 is 24.0. The maximum atomic E-state index is 15.2. The van der Waals surface area contributed by atoms with Crippen LogP contribution in [0.25, 0.3) is 5.69 Å². The molecule has 1 unspecified atom stereocenters. The molecule has 2 aromatic rings. The molecule has 1 aliphatic carbocycles. The second-order valence-electron chi connectivity index (χ2n) is 9.00. The lowest BCUT2D eigenvalue weighted by molar-refractivity contribution is 0.0946. The van der Waals surface area contributed by atoms with Gasteiger partial charge in [-0.2, -0.15) is 4.68 Å². The van der Waals surface area contributed by atoms with Gasteiger partial charge in [0, 0.05) is 26.0 Å². The first-order chi connectivity index (χ1) is 15.3. The third kappa shape index (κ3) is 4.97. The molecular formula is C25H36FN3O3. The van der Waals surface area contributed by atoms with Crippen LogP contribution in [-0.4, -0.2) is 26.2 Å². The van der Waals surface area contributed by atoms with Crippen molar-refractivity contribution < 1.29 is 13.9 Å². The van der Waals surface area contributed by atoms with E-state index < -0.39 is 11.5 Å². The van der Waals surface area contributed by atoms with Gasteiger partial charge in [0.25, 0.3) is 0 Å². The van der Waals surface area contributed by atoms with Crippen LogP contribution in [-0.2, 0) is 13.5 Å². The van der Waals surface area contributed by atoms with Crippen molar-refractivity contribution in [1.82, 2.24) is 14.3 Å². The summed E-state index contributed by atoms with van der Waals surface area (Å²) in [6.45, 7) is 8.02. The van der Waals surface area contributed by atoms with Gasteiger partial charge in [-0.15, -0.1) is 5.10 Å². The van der Waals surface area contributed by atoms with E-state index in [9.17, 15) is 9.59 Å². The summed E-state index contributed by atoms with van der Waals surface area (Å²) in [5.74, 6) is 0.782. The number of ether oxygens (including phenoxy) is 1. The molecule has 0 amide bonds. The minimum Gasteiger partial charge on any atom is -0.490 e. The molecule has 0 saturated heterocycles. The number of aryl methyl sites for hydroxylation is 1. The quantitative estimate of drug-likeness (QED) is 0.469. The second-order valence-corrected chi connectivity index (χ2v) is 9.00. The number of ketones is 1. The molecule has 32 heavy (non-hydrogen) atoms. The average Bonchev–Trinajstić information content (AvgIpc) is 3.42. The molecule has 176 valence electrons. The third-order valence-corrected chi connectivity index (χ3v) is 6.97. The number of hydrogen-bond donors (Lipinski definition) is 0. The molecule has 1 heterocycles. The Morgan fingerprint density at radius 3 is 2.44 bits per heavy atom. The Balaban J connectivity index is 2.05. The van der Waals surface area contributed by atoms with Crippen molar-refractivity contribution in [3.05, 3.63) is 39.8 Å². The van der Waals surface area contributed by atoms with Crippen molar-refractivity contribution in [1.29, 1.82) is 0 Å². The Morgan fingerprint density at radius 1 is 1.22 bits per heavy atom. The molecule has 7 heteroatoms. The molecule has 0 N–H and O–H groups in total. The first kappa shape index (κ1) is 24.2. The van der Waals surface area contributed by atoms with E-state index in [1.165, 1.54) is 29.5 Å². The van der Waals surface area contributed by atoms with E-state index in [4.69, 9.17) is 4.74 Å².